The predicted molar refractivity (Wildman–Crippen MR) is 167 cm³/mol. The van der Waals surface area contributed by atoms with Crippen LogP contribution in [0.3, 0.4) is 0 Å². The highest BCUT2D eigenvalue weighted by molar-refractivity contribution is 5.79. The topological polar surface area (TPSA) is 48.9 Å². The Morgan fingerprint density at radius 3 is 1.10 bits per heavy atom. The molecule has 0 N–H and O–H groups in total. The predicted octanol–water partition coefficient (Wildman–Crippen LogP) is 11.5. The minimum Gasteiger partial charge on any atom is -0.456 e. The van der Waals surface area contributed by atoms with Gasteiger partial charge in [-0.15, -0.1) is 0 Å². The fourth-order valence-corrected chi connectivity index (χ4v) is 5.53. The standard InChI is InChI=1S/C36H44O4/c1-5-9-13-25-29-17-19-31(37-29)26(14-10-6-2)33-21-23-35(39-33)28(16-12-8-4)36-24-22-34(40-36)27(15-11-7-3)32-20-18-30(25)38-32/h17-24H,5-16H2,1-4H3/q+2. The second-order valence-corrected chi connectivity index (χ2v) is 11.0. The minimum absolute atomic E-state index is 0.878. The van der Waals surface area contributed by atoms with Gasteiger partial charge in [-0.1, -0.05) is 53.4 Å². The number of unbranched alkanes of at least 4 members (excludes halogenated alkanes) is 4. The third-order valence-electron chi connectivity index (χ3n) is 7.92. The first-order chi connectivity index (χ1) is 19.7. The molecule has 0 aliphatic carbocycles. The Bertz CT molecular complexity index is 1440. The van der Waals surface area contributed by atoms with Crippen molar-refractivity contribution in [2.24, 2.45) is 0 Å². The largest absolute Gasteiger partial charge is 0.456 e. The molecular weight excluding hydrogens is 496 g/mol. The SMILES string of the molecule is CCCCc1c2[o+]c(c(CCCC)c3ccc(o3)c(CCCC)c3ccc(o3)c(CCCC)c3[o+]c1C=C3)C=C2. The molecule has 0 spiro atoms. The van der Waals surface area contributed by atoms with Crippen molar-refractivity contribution in [1.29, 1.82) is 0 Å². The van der Waals surface area contributed by atoms with Crippen LogP contribution in [-0.2, 0) is 25.7 Å². The molecule has 5 heterocycles. The van der Waals surface area contributed by atoms with E-state index in [0.717, 1.165) is 145 Å². The average molecular weight is 541 g/mol. The van der Waals surface area contributed by atoms with E-state index in [4.69, 9.17) is 17.7 Å². The van der Waals surface area contributed by atoms with Gasteiger partial charge >= 0.3 is 23.0 Å². The maximum Gasteiger partial charge on any atom is 0.366 e. The molecule has 4 nitrogen and oxygen atoms in total. The van der Waals surface area contributed by atoms with Gasteiger partial charge in [0, 0.05) is 5.56 Å². The summed E-state index contributed by atoms with van der Waals surface area (Å²) in [4.78, 5) is 0. The zero-order valence-electron chi connectivity index (χ0n) is 24.7. The van der Waals surface area contributed by atoms with Gasteiger partial charge < -0.3 is 8.83 Å². The second kappa shape index (κ2) is 13.3. The molecule has 4 heteroatoms. The normalized spacial score (nSPS) is 12.5. The number of fused-ring (bicyclic) bond motifs is 8. The van der Waals surface area contributed by atoms with E-state index >= 15 is 0 Å². The van der Waals surface area contributed by atoms with Crippen molar-refractivity contribution in [1.82, 2.24) is 0 Å². The summed E-state index contributed by atoms with van der Waals surface area (Å²) >= 11 is 0. The van der Waals surface area contributed by atoms with Crippen molar-refractivity contribution < 1.29 is 17.7 Å². The Kier molecular flexibility index (Phi) is 9.36. The molecule has 0 saturated carbocycles. The molecule has 0 fully saturated rings. The van der Waals surface area contributed by atoms with E-state index in [1.165, 1.54) is 0 Å². The van der Waals surface area contributed by atoms with E-state index in [1.54, 1.807) is 0 Å². The summed E-state index contributed by atoms with van der Waals surface area (Å²) in [5.74, 6) is 3.51. The Hall–Kier alpha value is -3.40. The van der Waals surface area contributed by atoms with Gasteiger partial charge in [-0.05, 0) is 75.6 Å². The number of rotatable bonds is 12. The van der Waals surface area contributed by atoms with Crippen molar-refractivity contribution in [2.75, 3.05) is 0 Å². The van der Waals surface area contributed by atoms with Gasteiger partial charge in [0.2, 0.25) is 0 Å². The zero-order chi connectivity index (χ0) is 27.9. The van der Waals surface area contributed by atoms with Crippen LogP contribution in [0.15, 0.2) is 41.9 Å². The molecule has 2 aliphatic rings. The fraction of sp³-hybridized carbons (Fsp3) is 0.444. The van der Waals surface area contributed by atoms with Crippen molar-refractivity contribution in [2.45, 2.75) is 105 Å². The molecule has 0 amide bonds. The summed E-state index contributed by atoms with van der Waals surface area (Å²) in [6, 6.07) is 8.43. The molecule has 0 aromatic carbocycles. The molecule has 3 aromatic heterocycles. The van der Waals surface area contributed by atoms with E-state index in [-0.39, 0.29) is 0 Å². The molecule has 0 unspecified atom stereocenters. The van der Waals surface area contributed by atoms with Crippen molar-refractivity contribution in [3.05, 3.63) is 69.6 Å². The third-order valence-corrected chi connectivity index (χ3v) is 7.92. The Balaban J connectivity index is 1.88. The van der Waals surface area contributed by atoms with Crippen LogP contribution >= 0.6 is 0 Å². The van der Waals surface area contributed by atoms with Crippen molar-refractivity contribution in [3.8, 4) is 0 Å². The lowest BCUT2D eigenvalue weighted by Crippen LogP contribution is -1.91. The van der Waals surface area contributed by atoms with Crippen LogP contribution in [0.25, 0.3) is 46.6 Å². The molecule has 40 heavy (non-hydrogen) atoms. The lowest BCUT2D eigenvalue weighted by molar-refractivity contribution is 0.501. The van der Waals surface area contributed by atoms with Crippen LogP contribution in [0.1, 0.15) is 124 Å². The van der Waals surface area contributed by atoms with Crippen LogP contribution in [0.5, 0.6) is 0 Å². The number of hydrogen-bond donors (Lipinski definition) is 0. The van der Waals surface area contributed by atoms with Crippen LogP contribution in [-0.4, -0.2) is 0 Å². The van der Waals surface area contributed by atoms with Gasteiger partial charge in [-0.3, -0.25) is 0 Å². The number of furan rings is 2. The van der Waals surface area contributed by atoms with Crippen LogP contribution in [0.4, 0.5) is 0 Å². The fourth-order valence-electron chi connectivity index (χ4n) is 5.53. The van der Waals surface area contributed by atoms with Gasteiger partial charge in [-0.2, -0.15) is 0 Å². The first kappa shape index (κ1) is 28.1. The number of hydrogen-bond acceptors (Lipinski definition) is 2. The minimum atomic E-state index is 0.878. The Morgan fingerprint density at radius 2 is 0.725 bits per heavy atom. The van der Waals surface area contributed by atoms with Gasteiger partial charge in [0.15, 0.2) is 5.56 Å². The van der Waals surface area contributed by atoms with Crippen LogP contribution < -0.4 is 0 Å². The molecule has 2 aliphatic heterocycles. The maximum atomic E-state index is 6.62. The van der Waals surface area contributed by atoms with E-state index in [1.807, 2.05) is 0 Å². The summed E-state index contributed by atoms with van der Waals surface area (Å²) in [5, 5.41) is 0. The van der Waals surface area contributed by atoms with Crippen LogP contribution in [0, 0.1) is 0 Å². The van der Waals surface area contributed by atoms with Gasteiger partial charge in [0.05, 0.1) is 35.4 Å². The summed E-state index contributed by atoms with van der Waals surface area (Å²) in [6.45, 7) is 8.89. The second-order valence-electron chi connectivity index (χ2n) is 11.0. The van der Waals surface area contributed by atoms with Gasteiger partial charge in [0.1, 0.15) is 22.3 Å². The highest BCUT2D eigenvalue weighted by Gasteiger charge is 2.31. The van der Waals surface area contributed by atoms with Crippen LogP contribution in [0.2, 0.25) is 0 Å². The molecular formula is C36H44O4+2. The zero-order valence-corrected chi connectivity index (χ0v) is 24.7. The van der Waals surface area contributed by atoms with E-state index in [0.29, 0.717) is 0 Å². The number of aryl methyl sites for hydroxylation is 3. The summed E-state index contributed by atoms with van der Waals surface area (Å²) in [5.41, 5.74) is 7.98. The molecule has 0 radical (unpaired) electrons. The molecule has 8 bridgehead atoms. The third kappa shape index (κ3) is 6.01. The average Bonchev–Trinajstić information content (AvgIpc) is 3.78. The van der Waals surface area contributed by atoms with E-state index < -0.39 is 0 Å². The van der Waals surface area contributed by atoms with Crippen molar-refractivity contribution >= 4 is 46.6 Å². The maximum absolute atomic E-state index is 6.62. The van der Waals surface area contributed by atoms with E-state index in [2.05, 4.69) is 76.3 Å². The highest BCUT2D eigenvalue weighted by atomic mass is 16.4. The lowest BCUT2D eigenvalue weighted by atomic mass is 10.1. The van der Waals surface area contributed by atoms with Crippen molar-refractivity contribution in [3.63, 3.8) is 0 Å². The smallest absolute Gasteiger partial charge is 0.366 e. The molecule has 210 valence electrons. The lowest BCUT2D eigenvalue weighted by Gasteiger charge is -2.00. The first-order valence-electron chi connectivity index (χ1n) is 15.5. The molecule has 0 atom stereocenters. The summed E-state index contributed by atoms with van der Waals surface area (Å²) in [7, 11) is 0. The monoisotopic (exact) mass is 540 g/mol. The Labute approximate surface area is 238 Å². The van der Waals surface area contributed by atoms with E-state index in [9.17, 15) is 0 Å². The highest BCUT2D eigenvalue weighted by Crippen LogP contribution is 2.33. The molecule has 5 rings (SSSR count). The Morgan fingerprint density at radius 1 is 0.425 bits per heavy atom. The van der Waals surface area contributed by atoms with Gasteiger partial charge in [0.25, 0.3) is 0 Å². The first-order valence-corrected chi connectivity index (χ1v) is 15.5. The molecule has 3 aromatic rings. The summed E-state index contributed by atoms with van der Waals surface area (Å²) in [6.07, 6.45) is 20.7. The summed E-state index contributed by atoms with van der Waals surface area (Å²) < 4.78 is 26.5. The van der Waals surface area contributed by atoms with Gasteiger partial charge in [-0.25, -0.2) is 8.83 Å². The molecule has 0 saturated heterocycles. The quantitative estimate of drug-likeness (QED) is 0.148.